The molecule has 2 aromatic rings. The molecule has 1 aliphatic heterocycles. The van der Waals surface area contributed by atoms with Gasteiger partial charge in [0.25, 0.3) is 5.91 Å². The maximum atomic E-state index is 13.6. The van der Waals surface area contributed by atoms with E-state index in [1.165, 1.54) is 24.3 Å². The van der Waals surface area contributed by atoms with Crippen molar-refractivity contribution >= 4 is 17.4 Å². The summed E-state index contributed by atoms with van der Waals surface area (Å²) < 4.78 is 27.0. The number of nitrogens with one attached hydrogen (secondary N) is 1. The molecule has 0 aromatic heterocycles. The fourth-order valence-corrected chi connectivity index (χ4v) is 2.51. The van der Waals surface area contributed by atoms with E-state index in [-0.39, 0.29) is 16.8 Å². The van der Waals surface area contributed by atoms with E-state index in [0.717, 1.165) is 18.2 Å². The minimum Gasteiger partial charge on any atom is -0.375 e. The Morgan fingerprint density at radius 2 is 1.91 bits per heavy atom. The Balaban J connectivity index is 1.98. The van der Waals surface area contributed by atoms with Crippen LogP contribution in [-0.4, -0.2) is 16.8 Å². The average molecular weight is 303 g/mol. The summed E-state index contributed by atoms with van der Waals surface area (Å²) in [6.07, 6.45) is -0.670. The lowest BCUT2D eigenvalue weighted by Gasteiger charge is -2.20. The molecule has 4 nitrogen and oxygen atoms in total. The second-order valence-corrected chi connectivity index (χ2v) is 5.08. The number of anilines is 1. The van der Waals surface area contributed by atoms with E-state index in [1.807, 2.05) is 0 Å². The highest BCUT2D eigenvalue weighted by Crippen LogP contribution is 2.39. The molecule has 1 atom stereocenters. The second-order valence-electron chi connectivity index (χ2n) is 5.08. The van der Waals surface area contributed by atoms with E-state index in [0.29, 0.717) is 0 Å². The Hall–Kier alpha value is -2.60. The number of amides is 1. The lowest BCUT2D eigenvalue weighted by atomic mass is 9.88. The van der Waals surface area contributed by atoms with Crippen molar-refractivity contribution in [3.8, 4) is 0 Å². The van der Waals surface area contributed by atoms with Crippen molar-refractivity contribution in [2.45, 2.75) is 12.0 Å². The smallest absolute Gasteiger partial charge is 0.261 e. The lowest BCUT2D eigenvalue weighted by molar-refractivity contribution is -0.133. The van der Waals surface area contributed by atoms with Gasteiger partial charge in [0.05, 0.1) is 12.0 Å². The van der Waals surface area contributed by atoms with Gasteiger partial charge in [0.2, 0.25) is 0 Å². The monoisotopic (exact) mass is 303 g/mol. The Kier molecular flexibility index (Phi) is 3.26. The van der Waals surface area contributed by atoms with Crippen molar-refractivity contribution in [3.63, 3.8) is 0 Å². The van der Waals surface area contributed by atoms with Gasteiger partial charge in [-0.2, -0.15) is 0 Å². The molecule has 3 rings (SSSR count). The SMILES string of the molecule is O=C(C[C@@]1(O)C(=O)Nc2ccc(F)cc21)c1ccccc1F. The first-order valence-electron chi connectivity index (χ1n) is 6.53. The van der Waals surface area contributed by atoms with Crippen LogP contribution in [0.25, 0.3) is 0 Å². The van der Waals surface area contributed by atoms with Crippen LogP contribution in [0.4, 0.5) is 14.5 Å². The average Bonchev–Trinajstić information content (AvgIpc) is 2.71. The molecule has 0 radical (unpaired) electrons. The minimum absolute atomic E-state index is 0.0258. The van der Waals surface area contributed by atoms with Crippen LogP contribution in [-0.2, 0) is 10.4 Å². The molecule has 0 spiro atoms. The predicted molar refractivity (Wildman–Crippen MR) is 74.3 cm³/mol. The van der Waals surface area contributed by atoms with Gasteiger partial charge in [-0.3, -0.25) is 9.59 Å². The van der Waals surface area contributed by atoms with E-state index < -0.39 is 35.3 Å². The fourth-order valence-electron chi connectivity index (χ4n) is 2.51. The molecule has 0 unspecified atom stereocenters. The first-order valence-corrected chi connectivity index (χ1v) is 6.53. The quantitative estimate of drug-likeness (QED) is 0.856. The zero-order valence-electron chi connectivity index (χ0n) is 11.3. The summed E-state index contributed by atoms with van der Waals surface area (Å²) in [4.78, 5) is 24.2. The normalized spacial score (nSPS) is 19.7. The zero-order chi connectivity index (χ0) is 15.9. The summed E-state index contributed by atoms with van der Waals surface area (Å²) in [5.74, 6) is -2.97. The van der Waals surface area contributed by atoms with Crippen LogP contribution in [0.5, 0.6) is 0 Å². The largest absolute Gasteiger partial charge is 0.375 e. The Morgan fingerprint density at radius 3 is 2.64 bits per heavy atom. The highest BCUT2D eigenvalue weighted by atomic mass is 19.1. The van der Waals surface area contributed by atoms with Crippen LogP contribution in [0.3, 0.4) is 0 Å². The van der Waals surface area contributed by atoms with Gasteiger partial charge in [-0.25, -0.2) is 8.78 Å². The number of hydrogen-bond donors (Lipinski definition) is 2. The summed E-state index contributed by atoms with van der Waals surface area (Å²) in [5.41, 5.74) is -2.23. The molecule has 1 heterocycles. The standard InChI is InChI=1S/C16H11F2NO3/c17-9-5-6-13-11(7-9)16(22,15(21)19-13)8-14(20)10-3-1-2-4-12(10)18/h1-7,22H,8H2,(H,19,21)/t16-/m0/s1. The molecule has 22 heavy (non-hydrogen) atoms. The van der Waals surface area contributed by atoms with Crippen LogP contribution in [0, 0.1) is 11.6 Å². The molecular weight excluding hydrogens is 292 g/mol. The number of carbonyl (C=O) groups is 2. The zero-order valence-corrected chi connectivity index (χ0v) is 11.3. The number of carbonyl (C=O) groups excluding carboxylic acids is 2. The number of rotatable bonds is 3. The molecule has 2 N–H and O–H groups in total. The summed E-state index contributed by atoms with van der Waals surface area (Å²) in [6, 6.07) is 8.69. The summed E-state index contributed by atoms with van der Waals surface area (Å²) in [7, 11) is 0. The highest BCUT2D eigenvalue weighted by Gasteiger charge is 2.47. The van der Waals surface area contributed by atoms with E-state index in [2.05, 4.69) is 5.32 Å². The van der Waals surface area contributed by atoms with Crippen LogP contribution < -0.4 is 5.32 Å². The summed E-state index contributed by atoms with van der Waals surface area (Å²) >= 11 is 0. The molecular formula is C16H11F2NO3. The number of fused-ring (bicyclic) bond motifs is 1. The van der Waals surface area contributed by atoms with Crippen LogP contribution in [0.2, 0.25) is 0 Å². The van der Waals surface area contributed by atoms with Crippen molar-refractivity contribution in [2.24, 2.45) is 0 Å². The lowest BCUT2D eigenvalue weighted by Crippen LogP contribution is -2.36. The number of halogens is 2. The van der Waals surface area contributed by atoms with Gasteiger partial charge in [0.1, 0.15) is 11.6 Å². The van der Waals surface area contributed by atoms with E-state index in [9.17, 15) is 23.5 Å². The minimum atomic E-state index is -2.21. The maximum absolute atomic E-state index is 13.6. The van der Waals surface area contributed by atoms with Crippen molar-refractivity contribution in [3.05, 3.63) is 65.2 Å². The molecule has 0 aliphatic carbocycles. The van der Waals surface area contributed by atoms with Crippen molar-refractivity contribution < 1.29 is 23.5 Å². The molecule has 0 fully saturated rings. The van der Waals surface area contributed by atoms with Crippen LogP contribution >= 0.6 is 0 Å². The maximum Gasteiger partial charge on any atom is 0.261 e. The van der Waals surface area contributed by atoms with E-state index in [4.69, 9.17) is 0 Å². The highest BCUT2D eigenvalue weighted by molar-refractivity contribution is 6.09. The first kappa shape index (κ1) is 14.3. The molecule has 0 bridgehead atoms. The Morgan fingerprint density at radius 1 is 1.18 bits per heavy atom. The van der Waals surface area contributed by atoms with Crippen molar-refractivity contribution in [1.82, 2.24) is 0 Å². The van der Waals surface area contributed by atoms with Gasteiger partial charge in [-0.15, -0.1) is 0 Å². The predicted octanol–water partition coefficient (Wildman–Crippen LogP) is 2.38. The van der Waals surface area contributed by atoms with Gasteiger partial charge in [0.15, 0.2) is 11.4 Å². The van der Waals surface area contributed by atoms with Crippen LogP contribution in [0.1, 0.15) is 22.3 Å². The fraction of sp³-hybridized carbons (Fsp3) is 0.125. The number of aliphatic hydroxyl groups is 1. The molecule has 6 heteroatoms. The number of hydrogen-bond acceptors (Lipinski definition) is 3. The summed E-state index contributed by atoms with van der Waals surface area (Å²) in [6.45, 7) is 0. The Bertz CT molecular complexity index is 791. The van der Waals surface area contributed by atoms with Gasteiger partial charge in [0, 0.05) is 11.3 Å². The van der Waals surface area contributed by atoms with Gasteiger partial charge in [-0.05, 0) is 30.3 Å². The van der Waals surface area contributed by atoms with Crippen molar-refractivity contribution in [1.29, 1.82) is 0 Å². The number of ketones is 1. The number of Topliss-reactive ketones (excluding diaryl/α,β-unsaturated/α-hetero) is 1. The van der Waals surface area contributed by atoms with E-state index >= 15 is 0 Å². The van der Waals surface area contributed by atoms with Crippen molar-refractivity contribution in [2.75, 3.05) is 5.32 Å². The summed E-state index contributed by atoms with van der Waals surface area (Å²) in [5, 5.41) is 12.9. The molecule has 2 aromatic carbocycles. The molecule has 0 saturated carbocycles. The second kappa shape index (κ2) is 4.99. The van der Waals surface area contributed by atoms with E-state index in [1.54, 1.807) is 0 Å². The third-order valence-electron chi connectivity index (χ3n) is 3.64. The third kappa shape index (κ3) is 2.17. The van der Waals surface area contributed by atoms with Gasteiger partial charge >= 0.3 is 0 Å². The molecule has 1 aliphatic rings. The molecule has 1 amide bonds. The first-order chi connectivity index (χ1) is 10.4. The van der Waals surface area contributed by atoms with Gasteiger partial charge < -0.3 is 10.4 Å². The molecule has 0 saturated heterocycles. The molecule has 112 valence electrons. The third-order valence-corrected chi connectivity index (χ3v) is 3.64. The van der Waals surface area contributed by atoms with Gasteiger partial charge in [-0.1, -0.05) is 12.1 Å². The number of benzene rings is 2. The van der Waals surface area contributed by atoms with Crippen LogP contribution in [0.15, 0.2) is 42.5 Å². The topological polar surface area (TPSA) is 66.4 Å². The Labute approximate surface area is 124 Å².